The third-order valence-corrected chi connectivity index (χ3v) is 7.02. The van der Waals surface area contributed by atoms with Gasteiger partial charge in [-0.15, -0.1) is 11.3 Å². The van der Waals surface area contributed by atoms with Gasteiger partial charge >= 0.3 is 0 Å². The molecule has 2 aliphatic heterocycles. The van der Waals surface area contributed by atoms with Gasteiger partial charge < -0.3 is 19.9 Å². The fourth-order valence-corrected chi connectivity index (χ4v) is 5.36. The van der Waals surface area contributed by atoms with Gasteiger partial charge in [0.1, 0.15) is 17.0 Å². The number of carbonyl (C=O) groups is 1. The molecule has 0 unspecified atom stereocenters. The van der Waals surface area contributed by atoms with E-state index in [-0.39, 0.29) is 11.8 Å². The highest BCUT2D eigenvalue weighted by atomic mass is 32.1. The summed E-state index contributed by atoms with van der Waals surface area (Å²) in [5, 5.41) is 4.35. The minimum absolute atomic E-state index is 0.115. The number of piperidine rings is 1. The highest BCUT2D eigenvalue weighted by Crippen LogP contribution is 2.34. The van der Waals surface area contributed by atoms with Crippen LogP contribution in [0.1, 0.15) is 17.7 Å². The molecule has 0 bridgehead atoms. The number of anilines is 1. The lowest BCUT2D eigenvalue weighted by Gasteiger charge is -2.28. The molecule has 0 saturated carbocycles. The minimum Gasteiger partial charge on any atom is -0.378 e. The second-order valence-corrected chi connectivity index (χ2v) is 9.36. The molecule has 5 heterocycles. The number of carbonyl (C=O) groups excluding carboxylic acids is 1. The van der Waals surface area contributed by atoms with Gasteiger partial charge in [-0.25, -0.2) is 19.9 Å². The van der Waals surface area contributed by atoms with Crippen molar-refractivity contribution >= 4 is 33.3 Å². The molecule has 168 valence electrons. The van der Waals surface area contributed by atoms with E-state index in [1.165, 1.54) is 6.33 Å². The molecule has 0 aliphatic carbocycles. The van der Waals surface area contributed by atoms with Crippen LogP contribution in [0.15, 0.2) is 24.8 Å². The zero-order chi connectivity index (χ0) is 21.9. The van der Waals surface area contributed by atoms with Crippen LogP contribution in [0.25, 0.3) is 21.6 Å². The van der Waals surface area contributed by atoms with Crippen molar-refractivity contribution in [3.8, 4) is 11.4 Å². The van der Waals surface area contributed by atoms with Crippen LogP contribution in [0.5, 0.6) is 0 Å². The van der Waals surface area contributed by atoms with Gasteiger partial charge in [-0.3, -0.25) is 4.79 Å². The first-order chi connectivity index (χ1) is 15.7. The highest BCUT2D eigenvalue weighted by molar-refractivity contribution is 7.18. The lowest BCUT2D eigenvalue weighted by atomic mass is 9.97. The average Bonchev–Trinajstić information content (AvgIpc) is 3.26. The Morgan fingerprint density at radius 1 is 1.22 bits per heavy atom. The quantitative estimate of drug-likeness (QED) is 0.626. The Balaban J connectivity index is 1.46. The Morgan fingerprint density at radius 3 is 2.72 bits per heavy atom. The number of fused-ring (bicyclic) bond motifs is 1. The van der Waals surface area contributed by atoms with Crippen LogP contribution >= 0.6 is 11.3 Å². The summed E-state index contributed by atoms with van der Waals surface area (Å²) in [4.78, 5) is 37.0. The summed E-state index contributed by atoms with van der Waals surface area (Å²) in [7, 11) is 1.90. The summed E-state index contributed by atoms with van der Waals surface area (Å²) >= 11 is 1.62. The van der Waals surface area contributed by atoms with Crippen LogP contribution in [0, 0.1) is 5.92 Å². The third-order valence-electron chi connectivity index (χ3n) is 6.01. The number of nitrogens with one attached hydrogen (secondary N) is 1. The van der Waals surface area contributed by atoms with Crippen LogP contribution in [-0.4, -0.2) is 77.2 Å². The number of ether oxygens (including phenoxy) is 1. The molecule has 2 fully saturated rings. The summed E-state index contributed by atoms with van der Waals surface area (Å²) in [5.41, 5.74) is 0.789. The lowest BCUT2D eigenvalue weighted by Crippen LogP contribution is -2.38. The van der Waals surface area contributed by atoms with E-state index in [0.717, 1.165) is 65.5 Å². The first-order valence-corrected chi connectivity index (χ1v) is 11.8. The Kier molecular flexibility index (Phi) is 6.24. The smallest absolute Gasteiger partial charge is 0.225 e. The fourth-order valence-electron chi connectivity index (χ4n) is 4.29. The maximum Gasteiger partial charge on any atom is 0.225 e. The summed E-state index contributed by atoms with van der Waals surface area (Å²) in [6, 6.07) is 2.14. The molecule has 3 aromatic rings. The average molecular weight is 454 g/mol. The van der Waals surface area contributed by atoms with E-state index in [1.807, 2.05) is 11.9 Å². The van der Waals surface area contributed by atoms with Crippen molar-refractivity contribution in [1.82, 2.24) is 30.2 Å². The van der Waals surface area contributed by atoms with Crippen molar-refractivity contribution in [2.24, 2.45) is 5.92 Å². The molecule has 32 heavy (non-hydrogen) atoms. The van der Waals surface area contributed by atoms with Gasteiger partial charge in [-0.2, -0.15) is 0 Å². The number of amides is 1. The van der Waals surface area contributed by atoms with Crippen LogP contribution in [0.2, 0.25) is 0 Å². The van der Waals surface area contributed by atoms with Gasteiger partial charge in [0.05, 0.1) is 30.7 Å². The fraction of sp³-hybridized carbons (Fsp3) is 0.500. The van der Waals surface area contributed by atoms with E-state index < -0.39 is 0 Å². The second-order valence-electron chi connectivity index (χ2n) is 8.25. The summed E-state index contributed by atoms with van der Waals surface area (Å²) < 4.78 is 5.54. The van der Waals surface area contributed by atoms with E-state index in [1.54, 1.807) is 23.7 Å². The van der Waals surface area contributed by atoms with Crippen molar-refractivity contribution in [3.05, 3.63) is 29.7 Å². The molecule has 2 saturated heterocycles. The Hall–Kier alpha value is -2.69. The Morgan fingerprint density at radius 2 is 1.97 bits per heavy atom. The molecule has 0 radical (unpaired) electrons. The van der Waals surface area contributed by atoms with Gasteiger partial charge in [0, 0.05) is 43.3 Å². The summed E-state index contributed by atoms with van der Waals surface area (Å²) in [5.74, 6) is 1.87. The van der Waals surface area contributed by atoms with E-state index in [4.69, 9.17) is 14.7 Å². The van der Waals surface area contributed by atoms with Gasteiger partial charge in [-0.05, 0) is 32.0 Å². The third kappa shape index (κ3) is 4.43. The molecule has 5 rings (SSSR count). The van der Waals surface area contributed by atoms with E-state index >= 15 is 0 Å². The summed E-state index contributed by atoms with van der Waals surface area (Å²) in [6.45, 7) is 5.34. The molecule has 1 amide bonds. The molecular weight excluding hydrogens is 426 g/mol. The van der Waals surface area contributed by atoms with Crippen molar-refractivity contribution in [2.45, 2.75) is 19.4 Å². The predicted molar refractivity (Wildman–Crippen MR) is 124 cm³/mol. The molecule has 0 atom stereocenters. The molecule has 9 nitrogen and oxygen atoms in total. The van der Waals surface area contributed by atoms with Gasteiger partial charge in [0.2, 0.25) is 5.91 Å². The van der Waals surface area contributed by atoms with Crippen molar-refractivity contribution < 1.29 is 9.53 Å². The van der Waals surface area contributed by atoms with E-state index in [9.17, 15) is 4.79 Å². The number of thiophene rings is 1. The van der Waals surface area contributed by atoms with Crippen LogP contribution in [0.4, 0.5) is 5.82 Å². The van der Waals surface area contributed by atoms with Crippen LogP contribution < -0.4 is 10.2 Å². The summed E-state index contributed by atoms with van der Waals surface area (Å²) in [6.07, 6.45) is 6.79. The van der Waals surface area contributed by atoms with Gasteiger partial charge in [-0.1, -0.05) is 0 Å². The zero-order valence-corrected chi connectivity index (χ0v) is 19.0. The van der Waals surface area contributed by atoms with Crippen LogP contribution in [0.3, 0.4) is 0 Å². The second kappa shape index (κ2) is 9.43. The minimum atomic E-state index is 0.115. The maximum atomic E-state index is 12.9. The predicted octanol–water partition coefficient (Wildman–Crippen LogP) is 1.94. The topological polar surface area (TPSA) is 96.4 Å². The largest absolute Gasteiger partial charge is 0.378 e. The van der Waals surface area contributed by atoms with Crippen molar-refractivity contribution in [3.63, 3.8) is 0 Å². The van der Waals surface area contributed by atoms with Crippen molar-refractivity contribution in [2.75, 3.05) is 51.3 Å². The number of hydrogen-bond donors (Lipinski definition) is 1. The molecule has 0 spiro atoms. The monoisotopic (exact) mass is 453 g/mol. The first-order valence-electron chi connectivity index (χ1n) is 11.0. The molecule has 1 N–H and O–H groups in total. The van der Waals surface area contributed by atoms with Gasteiger partial charge in [0.15, 0.2) is 5.82 Å². The molecule has 2 aliphatic rings. The SMILES string of the molecule is CN(Cc1cc2c(N3CCOCC3)nc(-c3cncnc3)nc2s1)C(=O)C1CCNCC1. The van der Waals surface area contributed by atoms with E-state index in [2.05, 4.69) is 26.3 Å². The highest BCUT2D eigenvalue weighted by Gasteiger charge is 2.25. The number of hydrogen-bond acceptors (Lipinski definition) is 9. The maximum absolute atomic E-state index is 12.9. The standard InChI is InChI=1S/C22H27N7O2S/c1-28(22(30)15-2-4-23-5-3-15)13-17-10-18-20(29-6-8-31-9-7-29)26-19(27-21(18)32-17)16-11-24-14-25-12-16/h10-12,14-15,23H,2-9,13H2,1H3. The first kappa shape index (κ1) is 21.2. The molecule has 0 aromatic carbocycles. The lowest BCUT2D eigenvalue weighted by molar-refractivity contribution is -0.135. The molecule has 3 aromatic heterocycles. The Labute approximate surface area is 190 Å². The zero-order valence-electron chi connectivity index (χ0n) is 18.2. The number of rotatable bonds is 5. The van der Waals surface area contributed by atoms with E-state index in [0.29, 0.717) is 25.6 Å². The van der Waals surface area contributed by atoms with Crippen LogP contribution in [-0.2, 0) is 16.1 Å². The normalized spacial score (nSPS) is 17.6. The van der Waals surface area contributed by atoms with Gasteiger partial charge in [0.25, 0.3) is 0 Å². The molecular formula is C22H27N7O2S. The number of nitrogens with zero attached hydrogens (tertiary/aromatic N) is 6. The van der Waals surface area contributed by atoms with Crippen molar-refractivity contribution in [1.29, 1.82) is 0 Å². The number of aromatic nitrogens is 4. The number of morpholine rings is 1. The molecule has 10 heteroatoms. The Bertz CT molecular complexity index is 1080.